The minimum atomic E-state index is -0.810. The number of aromatic nitrogens is 2. The van der Waals surface area contributed by atoms with E-state index < -0.39 is 5.60 Å². The van der Waals surface area contributed by atoms with Gasteiger partial charge in [0.2, 0.25) is 11.8 Å². The largest absolute Gasteiger partial charge is 0.389 e. The van der Waals surface area contributed by atoms with Gasteiger partial charge in [-0.25, -0.2) is 0 Å². The molecule has 1 saturated heterocycles. The Morgan fingerprint density at radius 2 is 2.09 bits per heavy atom. The summed E-state index contributed by atoms with van der Waals surface area (Å²) in [6, 6.07) is -0.0742. The number of hydrogen-bond donors (Lipinski definition) is 1. The fraction of sp³-hybridized carbons (Fsp3) is 0.812. The van der Waals surface area contributed by atoms with E-state index >= 15 is 0 Å². The van der Waals surface area contributed by atoms with Crippen LogP contribution in [0.25, 0.3) is 0 Å². The summed E-state index contributed by atoms with van der Waals surface area (Å²) in [5.74, 6) is 1.19. The van der Waals surface area contributed by atoms with Gasteiger partial charge in [-0.15, -0.1) is 0 Å². The minimum Gasteiger partial charge on any atom is -0.389 e. The molecule has 0 spiro atoms. The summed E-state index contributed by atoms with van der Waals surface area (Å²) >= 11 is 0. The highest BCUT2D eigenvalue weighted by molar-refractivity contribution is 5.77. The van der Waals surface area contributed by atoms with Gasteiger partial charge in [0.25, 0.3) is 0 Å². The van der Waals surface area contributed by atoms with E-state index in [-0.39, 0.29) is 18.4 Å². The molecule has 0 aromatic carbocycles. The minimum absolute atomic E-state index is 0.0312. The van der Waals surface area contributed by atoms with E-state index in [9.17, 15) is 9.90 Å². The number of aryl methyl sites for hydroxylation is 1. The number of amides is 1. The normalized spacial score (nSPS) is 25.5. The van der Waals surface area contributed by atoms with E-state index in [1.54, 1.807) is 6.92 Å². The first-order valence-electron chi connectivity index (χ1n) is 8.47. The summed E-state index contributed by atoms with van der Waals surface area (Å²) in [6.07, 6.45) is 4.88. The number of aliphatic hydroxyl groups is 1. The van der Waals surface area contributed by atoms with E-state index in [2.05, 4.69) is 15.0 Å². The van der Waals surface area contributed by atoms with Gasteiger partial charge in [0.1, 0.15) is 6.04 Å². The summed E-state index contributed by atoms with van der Waals surface area (Å²) < 4.78 is 5.28. The van der Waals surface area contributed by atoms with Crippen molar-refractivity contribution in [3.63, 3.8) is 0 Å². The summed E-state index contributed by atoms with van der Waals surface area (Å²) in [7, 11) is 2.00. The zero-order valence-electron chi connectivity index (χ0n) is 14.0. The number of carbonyl (C=O) groups excluding carboxylic acids is 1. The van der Waals surface area contributed by atoms with E-state index in [1.165, 1.54) is 0 Å². The van der Waals surface area contributed by atoms with Crippen LogP contribution in [0.4, 0.5) is 0 Å². The second-order valence-electron chi connectivity index (χ2n) is 6.98. The molecule has 0 radical (unpaired) electrons. The average molecular weight is 322 g/mol. The van der Waals surface area contributed by atoms with Gasteiger partial charge in [-0.2, -0.15) is 4.98 Å². The Balaban J connectivity index is 1.64. The van der Waals surface area contributed by atoms with Crippen molar-refractivity contribution in [2.24, 2.45) is 0 Å². The van der Waals surface area contributed by atoms with Gasteiger partial charge in [0.05, 0.1) is 12.0 Å². The van der Waals surface area contributed by atoms with Crippen LogP contribution in [-0.4, -0.2) is 63.2 Å². The van der Waals surface area contributed by atoms with Crippen molar-refractivity contribution in [2.45, 2.75) is 57.1 Å². The van der Waals surface area contributed by atoms with E-state index in [0.717, 1.165) is 38.6 Å². The Hall–Kier alpha value is -1.47. The van der Waals surface area contributed by atoms with Crippen LogP contribution in [0.15, 0.2) is 4.52 Å². The quantitative estimate of drug-likeness (QED) is 0.902. The molecule has 7 nitrogen and oxygen atoms in total. The molecule has 1 amide bonds. The summed E-state index contributed by atoms with van der Waals surface area (Å²) in [6.45, 7) is 3.76. The molecule has 7 heteroatoms. The second kappa shape index (κ2) is 6.57. The van der Waals surface area contributed by atoms with Gasteiger partial charge < -0.3 is 14.5 Å². The third kappa shape index (κ3) is 3.72. The molecule has 1 N–H and O–H groups in total. The maximum absolute atomic E-state index is 12.6. The van der Waals surface area contributed by atoms with Crippen LogP contribution in [0.2, 0.25) is 0 Å². The fourth-order valence-electron chi connectivity index (χ4n) is 3.60. The molecule has 23 heavy (non-hydrogen) atoms. The van der Waals surface area contributed by atoms with Gasteiger partial charge in [-0.3, -0.25) is 9.69 Å². The van der Waals surface area contributed by atoms with Crippen molar-refractivity contribution in [1.29, 1.82) is 0 Å². The summed E-state index contributed by atoms with van der Waals surface area (Å²) in [5, 5.41) is 14.5. The molecule has 1 aromatic rings. The Kier molecular flexibility index (Phi) is 4.68. The second-order valence-corrected chi connectivity index (χ2v) is 6.98. The molecule has 1 aliphatic carbocycles. The topological polar surface area (TPSA) is 82.7 Å². The van der Waals surface area contributed by atoms with Gasteiger partial charge in [-0.05, 0) is 26.8 Å². The summed E-state index contributed by atoms with van der Waals surface area (Å²) in [4.78, 5) is 20.9. The van der Waals surface area contributed by atoms with Gasteiger partial charge >= 0.3 is 0 Å². The third-order valence-corrected chi connectivity index (χ3v) is 5.09. The maximum atomic E-state index is 12.6. The highest BCUT2D eigenvalue weighted by Crippen LogP contribution is 2.32. The first kappa shape index (κ1) is 16.4. The predicted octanol–water partition coefficient (Wildman–Crippen LogP) is 1.28. The SMILES string of the molecule is Cc1noc([C@@H]2CN(C(=O)CC3(O)CCCCC3)CCN2C)n1. The number of carbonyl (C=O) groups is 1. The number of likely N-dealkylation sites (N-methyl/N-ethyl adjacent to an activating group) is 1. The van der Waals surface area contributed by atoms with Crippen molar-refractivity contribution in [3.05, 3.63) is 11.7 Å². The molecule has 128 valence electrons. The predicted molar refractivity (Wildman–Crippen MR) is 83.6 cm³/mol. The third-order valence-electron chi connectivity index (χ3n) is 5.09. The monoisotopic (exact) mass is 322 g/mol. The smallest absolute Gasteiger partial charge is 0.245 e. The lowest BCUT2D eigenvalue weighted by atomic mass is 9.82. The Bertz CT molecular complexity index is 553. The molecule has 1 saturated carbocycles. The molecule has 2 fully saturated rings. The lowest BCUT2D eigenvalue weighted by Crippen LogP contribution is -2.51. The zero-order valence-corrected chi connectivity index (χ0v) is 14.0. The molecule has 2 heterocycles. The van der Waals surface area contributed by atoms with Crippen LogP contribution in [0.5, 0.6) is 0 Å². The molecule has 2 aliphatic rings. The van der Waals surface area contributed by atoms with Crippen molar-refractivity contribution in [1.82, 2.24) is 19.9 Å². The van der Waals surface area contributed by atoms with Crippen LogP contribution in [0.3, 0.4) is 0 Å². The van der Waals surface area contributed by atoms with Crippen LogP contribution < -0.4 is 0 Å². The molecular formula is C16H26N4O3. The lowest BCUT2D eigenvalue weighted by Gasteiger charge is -2.39. The molecule has 0 bridgehead atoms. The number of hydrogen-bond acceptors (Lipinski definition) is 6. The lowest BCUT2D eigenvalue weighted by molar-refractivity contribution is -0.140. The van der Waals surface area contributed by atoms with E-state index in [1.807, 2.05) is 11.9 Å². The number of rotatable bonds is 3. The van der Waals surface area contributed by atoms with E-state index in [0.29, 0.717) is 24.8 Å². The van der Waals surface area contributed by atoms with Crippen LogP contribution in [0.1, 0.15) is 56.3 Å². The molecule has 3 rings (SSSR count). The summed E-state index contributed by atoms with van der Waals surface area (Å²) in [5.41, 5.74) is -0.810. The average Bonchev–Trinajstić information content (AvgIpc) is 2.94. The van der Waals surface area contributed by atoms with Crippen molar-refractivity contribution in [2.75, 3.05) is 26.7 Å². The number of nitrogens with zero attached hydrogens (tertiary/aromatic N) is 4. The number of piperazine rings is 1. The highest BCUT2D eigenvalue weighted by atomic mass is 16.5. The molecule has 1 atom stereocenters. The highest BCUT2D eigenvalue weighted by Gasteiger charge is 2.37. The first-order valence-corrected chi connectivity index (χ1v) is 8.47. The molecule has 1 aromatic heterocycles. The Morgan fingerprint density at radius 3 is 2.74 bits per heavy atom. The van der Waals surface area contributed by atoms with E-state index in [4.69, 9.17) is 4.52 Å². The molecule has 0 unspecified atom stereocenters. The van der Waals surface area contributed by atoms with Crippen LogP contribution >= 0.6 is 0 Å². The van der Waals surface area contributed by atoms with Crippen LogP contribution in [0, 0.1) is 6.92 Å². The van der Waals surface area contributed by atoms with Crippen molar-refractivity contribution in [3.8, 4) is 0 Å². The van der Waals surface area contributed by atoms with Gasteiger partial charge in [0, 0.05) is 19.6 Å². The van der Waals surface area contributed by atoms with Crippen molar-refractivity contribution < 1.29 is 14.4 Å². The first-order chi connectivity index (χ1) is 11.0. The molecular weight excluding hydrogens is 296 g/mol. The Labute approximate surface area is 136 Å². The zero-order chi connectivity index (χ0) is 16.4. The fourth-order valence-corrected chi connectivity index (χ4v) is 3.60. The standard InChI is InChI=1S/C16H26N4O3/c1-12-17-15(23-18-12)13-11-20(9-8-19(13)2)14(21)10-16(22)6-4-3-5-7-16/h13,22H,3-11H2,1-2H3/t13-/m0/s1. The van der Waals surface area contributed by atoms with Gasteiger partial charge in [0.15, 0.2) is 5.82 Å². The maximum Gasteiger partial charge on any atom is 0.245 e. The van der Waals surface area contributed by atoms with Crippen LogP contribution in [-0.2, 0) is 4.79 Å². The van der Waals surface area contributed by atoms with Gasteiger partial charge in [-0.1, -0.05) is 24.4 Å². The Morgan fingerprint density at radius 1 is 1.35 bits per heavy atom. The van der Waals surface area contributed by atoms with Crippen molar-refractivity contribution >= 4 is 5.91 Å². The molecule has 1 aliphatic heterocycles.